The van der Waals surface area contributed by atoms with E-state index in [1.165, 1.54) is 49.9 Å². The van der Waals surface area contributed by atoms with Crippen LogP contribution < -0.4 is 47.9 Å². The fraction of sp³-hybridized carbons (Fsp3) is 0.417. The summed E-state index contributed by atoms with van der Waals surface area (Å²) in [5, 5.41) is 19.9. The molecule has 18 heteroatoms. The highest BCUT2D eigenvalue weighted by Gasteiger charge is 2.36. The molecular weight excluding hydrogens is 843 g/mol. The van der Waals surface area contributed by atoms with E-state index in [2.05, 4.69) is 43.4 Å². The van der Waals surface area contributed by atoms with Crippen LogP contribution >= 0.6 is 0 Å². The summed E-state index contributed by atoms with van der Waals surface area (Å²) in [7, 11) is 1.42. The smallest absolute Gasteiger partial charge is 0.255 e. The molecule has 2 aliphatic rings. The van der Waals surface area contributed by atoms with Gasteiger partial charge in [-0.3, -0.25) is 24.0 Å². The number of carbonyl (C=O) groups excluding carboxylic acids is 5. The number of fused-ring (bicyclic) bond motifs is 5. The minimum atomic E-state index is -1.40. The van der Waals surface area contributed by atoms with Crippen LogP contribution in [0.2, 0.25) is 0 Å². The van der Waals surface area contributed by atoms with E-state index in [-0.39, 0.29) is 57.8 Å². The first-order chi connectivity index (χ1) is 31.8. The topological polar surface area (TPSA) is 283 Å². The summed E-state index contributed by atoms with van der Waals surface area (Å²) in [6.45, 7) is 3.52. The monoisotopic (exact) mass is 901 g/mol. The van der Waals surface area contributed by atoms with Crippen molar-refractivity contribution < 1.29 is 33.4 Å². The quantitative estimate of drug-likeness (QED) is 0.0748. The predicted octanol–water partition coefficient (Wildman–Crippen LogP) is 1.97. The van der Waals surface area contributed by atoms with Gasteiger partial charge in [-0.2, -0.15) is 5.26 Å². The summed E-state index contributed by atoms with van der Waals surface area (Å²) in [5.74, 6) is -1.37. The molecule has 4 bridgehead atoms. The highest BCUT2D eigenvalue weighted by atomic mass is 16.5. The Hall–Kier alpha value is -6.94. The maximum Gasteiger partial charge on any atom is 0.255 e. The number of carbonyl (C=O) groups is 5. The zero-order chi connectivity index (χ0) is 47.3. The van der Waals surface area contributed by atoms with Crippen molar-refractivity contribution in [3.63, 3.8) is 0 Å². The third-order valence-corrected chi connectivity index (χ3v) is 11.8. The number of benzene rings is 3. The second kappa shape index (κ2) is 22.8. The Bertz CT molecular complexity index is 2440. The Morgan fingerprint density at radius 3 is 2.23 bits per heavy atom. The third kappa shape index (κ3) is 11.8. The summed E-state index contributed by atoms with van der Waals surface area (Å²) >= 11 is 0. The van der Waals surface area contributed by atoms with Crippen LogP contribution in [0.4, 0.5) is 0 Å². The minimum Gasteiger partial charge on any atom is -0.492 e. The number of nitrogens with one attached hydrogen (secondary N) is 4. The fourth-order valence-corrected chi connectivity index (χ4v) is 8.01. The second-order valence-corrected chi connectivity index (χ2v) is 16.6. The van der Waals surface area contributed by atoms with E-state index in [1.807, 2.05) is 18.2 Å². The highest BCUT2D eigenvalue weighted by Crippen LogP contribution is 2.40. The van der Waals surface area contributed by atoms with E-state index in [0.29, 0.717) is 45.3 Å². The lowest BCUT2D eigenvalue weighted by Crippen LogP contribution is -2.56. The van der Waals surface area contributed by atoms with Crippen molar-refractivity contribution >= 4 is 29.5 Å². The molecule has 0 saturated heterocycles. The third-order valence-electron chi connectivity index (χ3n) is 11.8. The first-order valence-electron chi connectivity index (χ1n) is 22.2. The van der Waals surface area contributed by atoms with Gasteiger partial charge in [-0.15, -0.1) is 0 Å². The number of nitrogens with two attached hydrogens (primary N) is 3. The van der Waals surface area contributed by atoms with Crippen LogP contribution in [-0.4, -0.2) is 109 Å². The Morgan fingerprint density at radius 1 is 0.924 bits per heavy atom. The lowest BCUT2D eigenvalue weighted by Gasteiger charge is -2.32. The van der Waals surface area contributed by atoms with Gasteiger partial charge in [0.1, 0.15) is 55.4 Å². The standard InChI is InChI=1S/C48H59N11O7/c1-28-37(27-54-43(55-28)33-10-7-31(8-11-33)23-30-5-4-6-30)45(61)57-38(15-16-49)48(64)59(3)42-34-12-14-41(66-22-19-52)36(26-34)35-24-32(9-13-40(35)65-21-18-51)25-39(46(62)53-20-17-50)58-44(60)29(2)56-47(42)63/h7-14,24,26-27,29-30,38-39,42H,4-6,15-16,18-23,25,49,51-52H2,1-3H3,(H,53,62)(H,56,63)(H,57,61)(H,58,60)/t29-,38?,39-,42-/m0/s1. The molecule has 6 rings (SSSR count). The first kappa shape index (κ1) is 48.5. The van der Waals surface area contributed by atoms with E-state index in [9.17, 15) is 24.0 Å². The Kier molecular flexibility index (Phi) is 16.8. The molecule has 1 aliphatic heterocycles. The van der Waals surface area contributed by atoms with E-state index in [1.54, 1.807) is 43.3 Å². The minimum absolute atomic E-state index is 0.00450. The summed E-state index contributed by atoms with van der Waals surface area (Å²) in [4.78, 5) is 80.5. The molecule has 348 valence electrons. The summed E-state index contributed by atoms with van der Waals surface area (Å²) in [6, 6.07) is 15.2. The van der Waals surface area contributed by atoms with Gasteiger partial charge < -0.3 is 52.8 Å². The molecule has 18 nitrogen and oxygen atoms in total. The van der Waals surface area contributed by atoms with Crippen LogP contribution in [0.3, 0.4) is 0 Å². The Labute approximate surface area is 384 Å². The molecule has 10 N–H and O–H groups in total. The number of hydrogen-bond acceptors (Lipinski definition) is 13. The van der Waals surface area contributed by atoms with E-state index in [4.69, 9.17) is 31.9 Å². The predicted molar refractivity (Wildman–Crippen MR) is 247 cm³/mol. The van der Waals surface area contributed by atoms with Crippen molar-refractivity contribution in [2.24, 2.45) is 23.1 Å². The van der Waals surface area contributed by atoms with Crippen LogP contribution in [-0.2, 0) is 32.0 Å². The largest absolute Gasteiger partial charge is 0.492 e. The highest BCUT2D eigenvalue weighted by molar-refractivity contribution is 6.00. The molecule has 3 aromatic carbocycles. The number of aromatic nitrogens is 2. The number of aryl methyl sites for hydroxylation is 1. The maximum atomic E-state index is 14.7. The van der Waals surface area contributed by atoms with Crippen LogP contribution in [0.15, 0.2) is 66.9 Å². The van der Waals surface area contributed by atoms with Gasteiger partial charge in [0.15, 0.2) is 5.82 Å². The lowest BCUT2D eigenvalue weighted by atomic mass is 9.81. The molecule has 1 unspecified atom stereocenters. The average molecular weight is 902 g/mol. The molecule has 0 radical (unpaired) electrons. The van der Waals surface area contributed by atoms with Crippen molar-refractivity contribution in [2.45, 2.75) is 76.5 Å². The number of ether oxygens (including phenoxy) is 2. The van der Waals surface area contributed by atoms with Gasteiger partial charge in [-0.05, 0) is 80.1 Å². The first-order valence-corrected chi connectivity index (χ1v) is 22.2. The summed E-state index contributed by atoms with van der Waals surface area (Å²) < 4.78 is 12.2. The van der Waals surface area contributed by atoms with Crippen molar-refractivity contribution in [3.8, 4) is 40.1 Å². The zero-order valence-corrected chi connectivity index (χ0v) is 37.6. The Morgan fingerprint density at radius 2 is 1.61 bits per heavy atom. The number of rotatable bonds is 17. The second-order valence-electron chi connectivity index (χ2n) is 16.6. The van der Waals surface area contributed by atoms with Gasteiger partial charge in [0, 0.05) is 49.4 Å². The van der Waals surface area contributed by atoms with Crippen LogP contribution in [0.1, 0.15) is 71.4 Å². The van der Waals surface area contributed by atoms with Crippen LogP contribution in [0, 0.1) is 24.2 Å². The zero-order valence-electron chi connectivity index (χ0n) is 37.6. The molecule has 4 aromatic rings. The number of nitrogens with zero attached hydrogens (tertiary/aromatic N) is 4. The molecule has 0 spiro atoms. The maximum absolute atomic E-state index is 14.7. The molecule has 1 fully saturated rings. The molecule has 1 aliphatic carbocycles. The lowest BCUT2D eigenvalue weighted by molar-refractivity contribution is -0.141. The van der Waals surface area contributed by atoms with Gasteiger partial charge >= 0.3 is 0 Å². The average Bonchev–Trinajstić information content (AvgIpc) is 3.30. The van der Waals surface area contributed by atoms with Gasteiger partial charge in [-0.25, -0.2) is 9.97 Å². The number of amides is 5. The van der Waals surface area contributed by atoms with Crippen molar-refractivity contribution in [2.75, 3.05) is 46.4 Å². The van der Waals surface area contributed by atoms with Crippen molar-refractivity contribution in [3.05, 3.63) is 94.8 Å². The van der Waals surface area contributed by atoms with Crippen LogP contribution in [0.5, 0.6) is 11.5 Å². The van der Waals surface area contributed by atoms with Crippen molar-refractivity contribution in [1.82, 2.24) is 36.1 Å². The summed E-state index contributed by atoms with van der Waals surface area (Å²) in [5.41, 5.74) is 22.2. The van der Waals surface area contributed by atoms with E-state index >= 15 is 0 Å². The van der Waals surface area contributed by atoms with E-state index < -0.39 is 53.7 Å². The molecule has 66 heavy (non-hydrogen) atoms. The number of nitriles is 1. The van der Waals surface area contributed by atoms with Gasteiger partial charge in [0.25, 0.3) is 5.91 Å². The molecule has 4 atom stereocenters. The van der Waals surface area contributed by atoms with Crippen molar-refractivity contribution in [1.29, 1.82) is 5.26 Å². The van der Waals surface area contributed by atoms with Gasteiger partial charge in [0.2, 0.25) is 23.6 Å². The summed E-state index contributed by atoms with van der Waals surface area (Å²) in [6.07, 6.45) is 6.29. The molecule has 1 saturated carbocycles. The number of likely N-dealkylation sites (N-methyl/N-ethyl adjacent to an activating group) is 1. The molecular formula is C48H59N11O7. The fourth-order valence-electron chi connectivity index (χ4n) is 8.01. The Balaban J connectivity index is 1.34. The van der Waals surface area contributed by atoms with Gasteiger partial charge in [0.05, 0.1) is 17.3 Å². The normalized spacial score (nSPS) is 17.7. The number of hydrogen-bond donors (Lipinski definition) is 7. The molecule has 1 aromatic heterocycles. The van der Waals surface area contributed by atoms with Gasteiger partial charge in [-0.1, -0.05) is 55.7 Å². The molecule has 2 heterocycles. The SMILES string of the molecule is Cc1nc(-c2ccc(CC3CCC3)cc2)ncc1C(=O)NC(CCN)C(=O)N(C)[C@@H]1C(=O)N[C@@H](C)C(=O)N[C@H](C(=O)NCC#N)Cc2ccc(OCCN)c(c2)-c2cc1ccc2OCCN. The van der Waals surface area contributed by atoms with Crippen LogP contribution in [0.25, 0.3) is 22.5 Å². The molecule has 5 amide bonds. The van der Waals surface area contributed by atoms with E-state index in [0.717, 1.165) is 17.9 Å².